The van der Waals surface area contributed by atoms with Crippen LogP contribution in [0.5, 0.6) is 0 Å². The Labute approximate surface area is 116 Å². The summed E-state index contributed by atoms with van der Waals surface area (Å²) < 4.78 is 5.45. The van der Waals surface area contributed by atoms with Crippen LogP contribution in [0.3, 0.4) is 0 Å². The Hall–Kier alpha value is -2.37. The highest BCUT2D eigenvalue weighted by atomic mass is 16.4. The average molecular weight is 275 g/mol. The lowest BCUT2D eigenvalue weighted by Gasteiger charge is -2.06. The molecular formula is C14H17N3O3. The van der Waals surface area contributed by atoms with Crippen LogP contribution in [-0.2, 0) is 13.0 Å². The molecular weight excluding hydrogens is 258 g/mol. The summed E-state index contributed by atoms with van der Waals surface area (Å²) in [6, 6.07) is 3.08. The van der Waals surface area contributed by atoms with Crippen molar-refractivity contribution < 1.29 is 14.3 Å². The van der Waals surface area contributed by atoms with Crippen molar-refractivity contribution in [3.8, 4) is 0 Å². The van der Waals surface area contributed by atoms with E-state index >= 15 is 0 Å². The molecule has 20 heavy (non-hydrogen) atoms. The highest BCUT2D eigenvalue weighted by Crippen LogP contribution is 2.14. The molecule has 2 N–H and O–H groups in total. The fourth-order valence-corrected chi connectivity index (χ4v) is 1.76. The van der Waals surface area contributed by atoms with E-state index in [1.54, 1.807) is 6.07 Å². The van der Waals surface area contributed by atoms with Crippen molar-refractivity contribution in [3.63, 3.8) is 0 Å². The second-order valence-electron chi connectivity index (χ2n) is 4.49. The van der Waals surface area contributed by atoms with E-state index in [4.69, 9.17) is 9.52 Å². The van der Waals surface area contributed by atoms with Gasteiger partial charge in [0.2, 0.25) is 5.89 Å². The number of aryl methyl sites for hydroxylation is 3. The van der Waals surface area contributed by atoms with Gasteiger partial charge in [0.15, 0.2) is 0 Å². The van der Waals surface area contributed by atoms with Crippen LogP contribution in [-0.4, -0.2) is 21.0 Å². The number of anilines is 1. The maximum absolute atomic E-state index is 11.1. The van der Waals surface area contributed by atoms with Gasteiger partial charge in [-0.2, -0.15) is 0 Å². The van der Waals surface area contributed by atoms with Crippen molar-refractivity contribution >= 4 is 11.8 Å². The Morgan fingerprint density at radius 2 is 2.10 bits per heavy atom. The summed E-state index contributed by atoms with van der Waals surface area (Å²) in [6.07, 6.45) is 0.674. The van der Waals surface area contributed by atoms with Gasteiger partial charge in [0, 0.05) is 5.69 Å². The Kier molecular flexibility index (Phi) is 4.02. The SMILES string of the molecule is CCc1cc(C(=O)O)cc(NCc2nc(C)c(C)o2)n1. The lowest BCUT2D eigenvalue weighted by molar-refractivity contribution is 0.0696. The van der Waals surface area contributed by atoms with Gasteiger partial charge in [-0.15, -0.1) is 0 Å². The molecule has 2 aromatic heterocycles. The van der Waals surface area contributed by atoms with Gasteiger partial charge in [-0.1, -0.05) is 6.92 Å². The van der Waals surface area contributed by atoms with Crippen LogP contribution in [0.15, 0.2) is 16.5 Å². The van der Waals surface area contributed by atoms with E-state index in [9.17, 15) is 4.79 Å². The second-order valence-corrected chi connectivity index (χ2v) is 4.49. The molecule has 6 nitrogen and oxygen atoms in total. The number of aromatic nitrogens is 2. The number of carbonyl (C=O) groups is 1. The summed E-state index contributed by atoms with van der Waals surface area (Å²) in [5.74, 6) is 0.882. The number of hydrogen-bond acceptors (Lipinski definition) is 5. The Morgan fingerprint density at radius 1 is 1.35 bits per heavy atom. The first-order valence-corrected chi connectivity index (χ1v) is 6.40. The Bertz CT molecular complexity index is 615. The van der Waals surface area contributed by atoms with Crippen molar-refractivity contribution in [1.82, 2.24) is 9.97 Å². The second kappa shape index (κ2) is 5.73. The number of aromatic carboxylic acids is 1. The number of nitrogens with one attached hydrogen (secondary N) is 1. The van der Waals surface area contributed by atoms with Gasteiger partial charge >= 0.3 is 5.97 Å². The van der Waals surface area contributed by atoms with Crippen LogP contribution in [0.1, 0.15) is 40.3 Å². The molecule has 2 aromatic rings. The average Bonchev–Trinajstić information content (AvgIpc) is 2.75. The third-order valence-electron chi connectivity index (χ3n) is 2.98. The lowest BCUT2D eigenvalue weighted by atomic mass is 10.2. The van der Waals surface area contributed by atoms with E-state index in [0.29, 0.717) is 24.7 Å². The van der Waals surface area contributed by atoms with Crippen LogP contribution in [0.4, 0.5) is 5.82 Å². The molecule has 2 rings (SSSR count). The number of carboxylic acid groups (broad SMARTS) is 1. The summed E-state index contributed by atoms with van der Waals surface area (Å²) in [6.45, 7) is 6.03. The molecule has 0 aliphatic carbocycles. The number of carboxylic acids is 1. The monoisotopic (exact) mass is 275 g/mol. The van der Waals surface area contributed by atoms with Crippen LogP contribution in [0.25, 0.3) is 0 Å². The molecule has 106 valence electrons. The Balaban J connectivity index is 2.16. The maximum atomic E-state index is 11.1. The van der Waals surface area contributed by atoms with Crippen LogP contribution < -0.4 is 5.32 Å². The van der Waals surface area contributed by atoms with E-state index in [1.165, 1.54) is 6.07 Å². The van der Waals surface area contributed by atoms with Gasteiger partial charge < -0.3 is 14.8 Å². The zero-order valence-electron chi connectivity index (χ0n) is 11.7. The minimum Gasteiger partial charge on any atom is -0.478 e. The minimum atomic E-state index is -0.965. The number of oxazole rings is 1. The van der Waals surface area contributed by atoms with Gasteiger partial charge in [0.05, 0.1) is 17.8 Å². The van der Waals surface area contributed by atoms with Gasteiger partial charge in [0.25, 0.3) is 0 Å². The van der Waals surface area contributed by atoms with E-state index in [0.717, 1.165) is 17.1 Å². The predicted molar refractivity (Wildman–Crippen MR) is 73.9 cm³/mol. The van der Waals surface area contributed by atoms with E-state index < -0.39 is 5.97 Å². The molecule has 0 radical (unpaired) electrons. The van der Waals surface area contributed by atoms with E-state index in [1.807, 2.05) is 20.8 Å². The van der Waals surface area contributed by atoms with Crippen LogP contribution >= 0.6 is 0 Å². The highest BCUT2D eigenvalue weighted by molar-refractivity contribution is 5.88. The van der Waals surface area contributed by atoms with Gasteiger partial charge in [-0.3, -0.25) is 0 Å². The zero-order valence-corrected chi connectivity index (χ0v) is 11.7. The lowest BCUT2D eigenvalue weighted by Crippen LogP contribution is -2.06. The van der Waals surface area contributed by atoms with E-state index in [2.05, 4.69) is 15.3 Å². The van der Waals surface area contributed by atoms with Crippen LogP contribution in [0, 0.1) is 13.8 Å². The smallest absolute Gasteiger partial charge is 0.335 e. The van der Waals surface area contributed by atoms with Crippen molar-refractivity contribution in [2.24, 2.45) is 0 Å². The summed E-state index contributed by atoms with van der Waals surface area (Å²) in [5, 5.41) is 12.1. The summed E-state index contributed by atoms with van der Waals surface area (Å²) in [5.41, 5.74) is 1.80. The fourth-order valence-electron chi connectivity index (χ4n) is 1.76. The maximum Gasteiger partial charge on any atom is 0.335 e. The number of rotatable bonds is 5. The normalized spacial score (nSPS) is 10.6. The third-order valence-corrected chi connectivity index (χ3v) is 2.98. The van der Waals surface area contributed by atoms with Gasteiger partial charge in [-0.25, -0.2) is 14.8 Å². The molecule has 0 unspecified atom stereocenters. The third kappa shape index (κ3) is 3.14. The first-order valence-electron chi connectivity index (χ1n) is 6.40. The molecule has 0 amide bonds. The first-order chi connectivity index (χ1) is 9.49. The van der Waals surface area contributed by atoms with Gasteiger partial charge in [0.1, 0.15) is 11.6 Å². The van der Waals surface area contributed by atoms with Crippen LogP contribution in [0.2, 0.25) is 0 Å². The predicted octanol–water partition coefficient (Wildman–Crippen LogP) is 2.56. The largest absolute Gasteiger partial charge is 0.478 e. The molecule has 0 aromatic carbocycles. The highest BCUT2D eigenvalue weighted by Gasteiger charge is 2.09. The molecule has 0 atom stereocenters. The number of hydrogen-bond donors (Lipinski definition) is 2. The molecule has 2 heterocycles. The number of nitrogens with zero attached hydrogens (tertiary/aromatic N) is 2. The van der Waals surface area contributed by atoms with Crippen molar-refractivity contribution in [1.29, 1.82) is 0 Å². The number of pyridine rings is 1. The minimum absolute atomic E-state index is 0.221. The Morgan fingerprint density at radius 3 is 2.65 bits per heavy atom. The van der Waals surface area contributed by atoms with Crippen molar-refractivity contribution in [2.75, 3.05) is 5.32 Å². The summed E-state index contributed by atoms with van der Waals surface area (Å²) in [4.78, 5) is 19.6. The zero-order chi connectivity index (χ0) is 14.7. The molecule has 0 saturated heterocycles. The topological polar surface area (TPSA) is 88.2 Å². The molecule has 6 heteroatoms. The molecule has 0 aliphatic heterocycles. The van der Waals surface area contributed by atoms with E-state index in [-0.39, 0.29) is 5.56 Å². The first kappa shape index (κ1) is 14.0. The van der Waals surface area contributed by atoms with Crippen molar-refractivity contribution in [2.45, 2.75) is 33.7 Å². The van der Waals surface area contributed by atoms with Gasteiger partial charge in [-0.05, 0) is 32.4 Å². The van der Waals surface area contributed by atoms with Crippen molar-refractivity contribution in [3.05, 3.63) is 40.7 Å². The molecule has 0 fully saturated rings. The standard InChI is InChI=1S/C14H17N3O3/c1-4-11-5-10(14(18)19)6-12(17-11)15-7-13-16-8(2)9(3)20-13/h5-6H,4,7H2,1-3H3,(H,15,17)(H,18,19). The quantitative estimate of drug-likeness (QED) is 0.871. The summed E-state index contributed by atoms with van der Waals surface area (Å²) in [7, 11) is 0. The molecule has 0 spiro atoms. The molecule has 0 bridgehead atoms. The molecule has 0 saturated carbocycles. The molecule has 0 aliphatic rings. The summed E-state index contributed by atoms with van der Waals surface area (Å²) >= 11 is 0. The fraction of sp³-hybridized carbons (Fsp3) is 0.357.